The third kappa shape index (κ3) is 5.88. The smallest absolute Gasteiger partial charge is 0.218 e. The molecule has 2 atom stereocenters. The number of nitrogens with one attached hydrogen (secondary N) is 1. The molecule has 2 aromatic rings. The predicted molar refractivity (Wildman–Crippen MR) is 136 cm³/mol. The lowest BCUT2D eigenvalue weighted by Gasteiger charge is -2.48. The zero-order chi connectivity index (χ0) is 20.8. The molecule has 2 unspecified atom stereocenters. The summed E-state index contributed by atoms with van der Waals surface area (Å²) in [4.78, 5) is 14.0. The summed E-state index contributed by atoms with van der Waals surface area (Å²) in [6.07, 6.45) is 5.53. The first kappa shape index (κ1) is 23.8. The molecule has 0 radical (unpaired) electrons. The highest BCUT2D eigenvalue weighted by Crippen LogP contribution is 2.31. The number of methoxy groups -OCH3 is 1. The van der Waals surface area contributed by atoms with E-state index in [0.29, 0.717) is 24.4 Å². The lowest BCUT2D eigenvalue weighted by molar-refractivity contribution is 0.0372. The van der Waals surface area contributed by atoms with Gasteiger partial charge in [-0.2, -0.15) is 0 Å². The molecule has 2 aliphatic rings. The molecule has 2 fully saturated rings. The second-order valence-electron chi connectivity index (χ2n) is 8.23. The molecule has 7 heteroatoms. The zero-order valence-electron chi connectivity index (χ0n) is 18.5. The third-order valence-corrected chi connectivity index (χ3v) is 6.40. The standard InChI is InChI=1S/C24H33N5O.HI/c1-25-24(27-16-20-10-6-13-26-23(20)30-2)29-15-12-22-21(18-29)11-7-14-28(22)17-19-8-4-3-5-9-19;/h3-6,8-10,13,21-22H,7,11-12,14-18H2,1-2H3,(H,25,27);1H. The van der Waals surface area contributed by atoms with Crippen LogP contribution in [-0.4, -0.2) is 60.6 Å². The summed E-state index contributed by atoms with van der Waals surface area (Å²) >= 11 is 0. The van der Waals surface area contributed by atoms with Crippen molar-refractivity contribution >= 4 is 29.9 Å². The second-order valence-corrected chi connectivity index (χ2v) is 8.23. The molecule has 0 bridgehead atoms. The number of aliphatic imine (C=N–C) groups is 1. The maximum Gasteiger partial charge on any atom is 0.218 e. The van der Waals surface area contributed by atoms with Gasteiger partial charge in [-0.25, -0.2) is 4.98 Å². The lowest BCUT2D eigenvalue weighted by Crippen LogP contribution is -2.56. The van der Waals surface area contributed by atoms with Gasteiger partial charge in [0.25, 0.3) is 0 Å². The number of ether oxygens (including phenoxy) is 1. The summed E-state index contributed by atoms with van der Waals surface area (Å²) in [5, 5.41) is 3.52. The molecule has 0 saturated carbocycles. The van der Waals surface area contributed by atoms with Gasteiger partial charge in [0.2, 0.25) is 5.88 Å². The first-order valence-corrected chi connectivity index (χ1v) is 11.0. The molecule has 1 aromatic carbocycles. The number of benzene rings is 1. The number of aromatic nitrogens is 1. The van der Waals surface area contributed by atoms with Crippen molar-refractivity contribution in [1.82, 2.24) is 20.1 Å². The van der Waals surface area contributed by atoms with Crippen molar-refractivity contribution in [2.45, 2.75) is 38.4 Å². The van der Waals surface area contributed by atoms with Gasteiger partial charge in [0.05, 0.1) is 7.11 Å². The Morgan fingerprint density at radius 2 is 2.00 bits per heavy atom. The summed E-state index contributed by atoms with van der Waals surface area (Å²) in [5.41, 5.74) is 2.46. The molecular formula is C24H34IN5O. The molecule has 0 spiro atoms. The van der Waals surface area contributed by atoms with Crippen molar-refractivity contribution in [3.05, 3.63) is 59.8 Å². The van der Waals surface area contributed by atoms with Crippen molar-refractivity contribution in [2.75, 3.05) is 33.8 Å². The predicted octanol–water partition coefficient (Wildman–Crippen LogP) is 3.77. The molecule has 31 heavy (non-hydrogen) atoms. The minimum absolute atomic E-state index is 0. The number of pyridine rings is 1. The van der Waals surface area contributed by atoms with Crippen molar-refractivity contribution in [3.63, 3.8) is 0 Å². The third-order valence-electron chi connectivity index (χ3n) is 6.40. The molecule has 4 rings (SSSR count). The average molecular weight is 535 g/mol. The van der Waals surface area contributed by atoms with Gasteiger partial charge in [0, 0.05) is 51.0 Å². The first-order valence-electron chi connectivity index (χ1n) is 11.0. The Kier molecular flexibility index (Phi) is 8.95. The highest BCUT2D eigenvalue weighted by molar-refractivity contribution is 14.0. The van der Waals surface area contributed by atoms with E-state index in [2.05, 4.69) is 55.4 Å². The van der Waals surface area contributed by atoms with Gasteiger partial charge in [-0.05, 0) is 43.4 Å². The molecule has 0 amide bonds. The van der Waals surface area contributed by atoms with Gasteiger partial charge >= 0.3 is 0 Å². The summed E-state index contributed by atoms with van der Waals surface area (Å²) in [6, 6.07) is 15.5. The molecular weight excluding hydrogens is 501 g/mol. The van der Waals surface area contributed by atoms with Crippen LogP contribution in [0.3, 0.4) is 0 Å². The molecule has 2 aliphatic heterocycles. The van der Waals surface area contributed by atoms with Gasteiger partial charge < -0.3 is 15.0 Å². The normalized spacial score (nSPS) is 21.7. The summed E-state index contributed by atoms with van der Waals surface area (Å²) in [5.74, 6) is 2.34. The van der Waals surface area contributed by atoms with E-state index in [0.717, 1.165) is 31.2 Å². The van der Waals surface area contributed by atoms with Crippen molar-refractivity contribution in [1.29, 1.82) is 0 Å². The van der Waals surface area contributed by atoms with Crippen LogP contribution in [0.4, 0.5) is 0 Å². The molecule has 3 heterocycles. The Hall–Kier alpha value is -1.87. The SMILES string of the molecule is CN=C(NCc1cccnc1OC)N1CCC2C(CCCN2Cc2ccccc2)C1.I. The number of hydrogen-bond acceptors (Lipinski definition) is 4. The van der Waals surface area contributed by atoms with Crippen LogP contribution in [0, 0.1) is 5.92 Å². The number of rotatable bonds is 5. The van der Waals surface area contributed by atoms with Crippen LogP contribution in [0.5, 0.6) is 5.88 Å². The number of likely N-dealkylation sites (tertiary alicyclic amines) is 2. The number of guanidine groups is 1. The molecule has 0 aliphatic carbocycles. The largest absolute Gasteiger partial charge is 0.481 e. The first-order chi connectivity index (χ1) is 14.8. The fourth-order valence-electron chi connectivity index (χ4n) is 4.96. The summed E-state index contributed by atoms with van der Waals surface area (Å²) in [7, 11) is 3.53. The second kappa shape index (κ2) is 11.7. The Morgan fingerprint density at radius 3 is 2.77 bits per heavy atom. The monoisotopic (exact) mass is 535 g/mol. The highest BCUT2D eigenvalue weighted by Gasteiger charge is 2.36. The van der Waals surface area contributed by atoms with Gasteiger partial charge in [-0.1, -0.05) is 36.4 Å². The lowest BCUT2D eigenvalue weighted by atomic mass is 9.83. The van der Waals surface area contributed by atoms with Crippen LogP contribution >= 0.6 is 24.0 Å². The minimum Gasteiger partial charge on any atom is -0.481 e. The quantitative estimate of drug-likeness (QED) is 0.359. The van der Waals surface area contributed by atoms with Crippen LogP contribution in [0.2, 0.25) is 0 Å². The average Bonchev–Trinajstić information content (AvgIpc) is 2.80. The van der Waals surface area contributed by atoms with Gasteiger partial charge in [0.15, 0.2) is 5.96 Å². The molecule has 168 valence electrons. The van der Waals surface area contributed by atoms with E-state index in [9.17, 15) is 0 Å². The fraction of sp³-hybridized carbons (Fsp3) is 0.500. The van der Waals surface area contributed by atoms with Crippen molar-refractivity contribution < 1.29 is 4.74 Å². The highest BCUT2D eigenvalue weighted by atomic mass is 127. The fourth-order valence-corrected chi connectivity index (χ4v) is 4.96. The van der Waals surface area contributed by atoms with Gasteiger partial charge in [0.1, 0.15) is 0 Å². The summed E-state index contributed by atoms with van der Waals surface area (Å²) in [6.45, 7) is 5.05. The number of halogens is 1. The van der Waals surface area contributed by atoms with E-state index >= 15 is 0 Å². The maximum absolute atomic E-state index is 5.38. The Balaban J connectivity index is 0.00000272. The van der Waals surface area contributed by atoms with Crippen molar-refractivity contribution in [2.24, 2.45) is 10.9 Å². The van der Waals surface area contributed by atoms with E-state index in [1.165, 1.54) is 31.4 Å². The zero-order valence-corrected chi connectivity index (χ0v) is 20.9. The maximum atomic E-state index is 5.38. The topological polar surface area (TPSA) is 53.0 Å². The van der Waals surface area contributed by atoms with Crippen LogP contribution < -0.4 is 10.1 Å². The molecule has 6 nitrogen and oxygen atoms in total. The molecule has 2 saturated heterocycles. The van der Waals surface area contributed by atoms with Crippen molar-refractivity contribution in [3.8, 4) is 5.88 Å². The van der Waals surface area contributed by atoms with Crippen LogP contribution in [-0.2, 0) is 13.1 Å². The van der Waals surface area contributed by atoms with E-state index in [1.54, 1.807) is 13.3 Å². The minimum atomic E-state index is 0. The Labute approximate surface area is 203 Å². The van der Waals surface area contributed by atoms with Crippen LogP contribution in [0.25, 0.3) is 0 Å². The molecule has 1 aromatic heterocycles. The van der Waals surface area contributed by atoms with E-state index in [1.807, 2.05) is 19.2 Å². The van der Waals surface area contributed by atoms with Crippen LogP contribution in [0.1, 0.15) is 30.4 Å². The van der Waals surface area contributed by atoms with Gasteiger partial charge in [-0.3, -0.25) is 9.89 Å². The van der Waals surface area contributed by atoms with E-state index in [4.69, 9.17) is 4.74 Å². The van der Waals surface area contributed by atoms with Gasteiger partial charge in [-0.15, -0.1) is 24.0 Å². The number of hydrogen-bond donors (Lipinski definition) is 1. The Bertz CT molecular complexity index is 847. The number of fused-ring (bicyclic) bond motifs is 1. The van der Waals surface area contributed by atoms with E-state index in [-0.39, 0.29) is 24.0 Å². The number of piperidine rings is 2. The van der Waals surface area contributed by atoms with Crippen LogP contribution in [0.15, 0.2) is 53.7 Å². The number of nitrogens with zero attached hydrogens (tertiary/aromatic N) is 4. The Morgan fingerprint density at radius 1 is 1.16 bits per heavy atom. The molecule has 1 N–H and O–H groups in total. The summed E-state index contributed by atoms with van der Waals surface area (Å²) < 4.78 is 5.38. The van der Waals surface area contributed by atoms with E-state index < -0.39 is 0 Å².